The molecule has 1 aliphatic heterocycles. The molecule has 1 aromatic heterocycles. The zero-order valence-electron chi connectivity index (χ0n) is 14.9. The van der Waals surface area contributed by atoms with Crippen LogP contribution in [0.3, 0.4) is 0 Å². The molecule has 1 aromatic carbocycles. The van der Waals surface area contributed by atoms with Crippen LogP contribution in [0.5, 0.6) is 0 Å². The predicted octanol–water partition coefficient (Wildman–Crippen LogP) is 3.35. The van der Waals surface area contributed by atoms with Crippen LogP contribution in [-0.4, -0.2) is 47.2 Å². The minimum Gasteiger partial charge on any atom is -0.381 e. The highest BCUT2D eigenvalue weighted by atomic mass is 16.5. The highest BCUT2D eigenvalue weighted by molar-refractivity contribution is 5.74. The van der Waals surface area contributed by atoms with Crippen LogP contribution in [0.4, 0.5) is 4.79 Å². The number of amides is 2. The van der Waals surface area contributed by atoms with Gasteiger partial charge in [0.25, 0.3) is 0 Å². The normalized spacial score (nSPS) is 16.6. The van der Waals surface area contributed by atoms with Gasteiger partial charge in [-0.25, -0.2) is 9.78 Å². The quantitative estimate of drug-likeness (QED) is 0.875. The highest BCUT2D eigenvalue weighted by Crippen LogP contribution is 2.21. The second kappa shape index (κ2) is 8.16. The SMILES string of the molecule is CC[C@H](NC(=O)N1CCC(OC)CC1)c1ncc(-c2ccccc2)[nH]1. The molecule has 25 heavy (non-hydrogen) atoms. The van der Waals surface area contributed by atoms with Crippen molar-refractivity contribution in [3.63, 3.8) is 0 Å². The van der Waals surface area contributed by atoms with E-state index in [2.05, 4.69) is 15.3 Å². The Morgan fingerprint density at radius 3 is 2.72 bits per heavy atom. The molecule has 2 heterocycles. The Balaban J connectivity index is 1.63. The van der Waals surface area contributed by atoms with Gasteiger partial charge in [-0.3, -0.25) is 0 Å². The Morgan fingerprint density at radius 1 is 1.36 bits per heavy atom. The fraction of sp³-hybridized carbons (Fsp3) is 0.474. The van der Waals surface area contributed by atoms with Gasteiger partial charge in [0.2, 0.25) is 0 Å². The molecule has 2 N–H and O–H groups in total. The number of piperidine rings is 1. The van der Waals surface area contributed by atoms with Crippen molar-refractivity contribution < 1.29 is 9.53 Å². The number of likely N-dealkylation sites (tertiary alicyclic amines) is 1. The number of benzene rings is 1. The van der Waals surface area contributed by atoms with Crippen molar-refractivity contribution in [2.24, 2.45) is 0 Å². The Morgan fingerprint density at radius 2 is 2.08 bits per heavy atom. The fourth-order valence-electron chi connectivity index (χ4n) is 3.18. The summed E-state index contributed by atoms with van der Waals surface area (Å²) in [5, 5.41) is 3.10. The molecule has 0 radical (unpaired) electrons. The van der Waals surface area contributed by atoms with Crippen molar-refractivity contribution in [3.8, 4) is 11.3 Å². The first-order chi connectivity index (χ1) is 12.2. The van der Waals surface area contributed by atoms with Gasteiger partial charge in [0.1, 0.15) is 5.82 Å². The third-order valence-electron chi connectivity index (χ3n) is 4.78. The summed E-state index contributed by atoms with van der Waals surface area (Å²) in [6, 6.07) is 9.91. The van der Waals surface area contributed by atoms with Crippen LogP contribution in [0.25, 0.3) is 11.3 Å². The molecular formula is C19H26N4O2. The number of aromatic amines is 1. The van der Waals surface area contributed by atoms with E-state index in [1.807, 2.05) is 48.4 Å². The number of carbonyl (C=O) groups is 1. The molecular weight excluding hydrogens is 316 g/mol. The third-order valence-corrected chi connectivity index (χ3v) is 4.78. The topological polar surface area (TPSA) is 70.2 Å². The van der Waals surface area contributed by atoms with Gasteiger partial charge in [-0.15, -0.1) is 0 Å². The number of rotatable bonds is 5. The molecule has 6 heteroatoms. The van der Waals surface area contributed by atoms with Gasteiger partial charge in [0.15, 0.2) is 0 Å². The van der Waals surface area contributed by atoms with Crippen LogP contribution in [0.1, 0.15) is 38.1 Å². The Bertz CT molecular complexity index is 678. The summed E-state index contributed by atoms with van der Waals surface area (Å²) in [5.74, 6) is 0.793. The van der Waals surface area contributed by atoms with Crippen molar-refractivity contribution in [3.05, 3.63) is 42.4 Å². The maximum Gasteiger partial charge on any atom is 0.317 e. The summed E-state index contributed by atoms with van der Waals surface area (Å²) in [5.41, 5.74) is 2.05. The molecule has 134 valence electrons. The molecule has 1 atom stereocenters. The minimum atomic E-state index is -0.120. The predicted molar refractivity (Wildman–Crippen MR) is 97.2 cm³/mol. The van der Waals surface area contributed by atoms with E-state index in [0.717, 1.165) is 49.4 Å². The summed E-state index contributed by atoms with van der Waals surface area (Å²) in [7, 11) is 1.73. The first kappa shape index (κ1) is 17.5. The van der Waals surface area contributed by atoms with E-state index in [1.165, 1.54) is 0 Å². The summed E-state index contributed by atoms with van der Waals surface area (Å²) in [6.45, 7) is 3.51. The fourth-order valence-corrected chi connectivity index (χ4v) is 3.18. The minimum absolute atomic E-state index is 0.0286. The van der Waals surface area contributed by atoms with E-state index in [1.54, 1.807) is 7.11 Å². The number of aromatic nitrogens is 2. The first-order valence-corrected chi connectivity index (χ1v) is 8.89. The lowest BCUT2D eigenvalue weighted by atomic mass is 10.1. The number of carbonyl (C=O) groups excluding carboxylic acids is 1. The molecule has 6 nitrogen and oxygen atoms in total. The molecule has 0 bridgehead atoms. The van der Waals surface area contributed by atoms with E-state index in [-0.39, 0.29) is 18.2 Å². The summed E-state index contributed by atoms with van der Waals surface area (Å²) in [6.07, 6.45) is 4.65. The average Bonchev–Trinajstić information content (AvgIpc) is 3.16. The lowest BCUT2D eigenvalue weighted by Crippen LogP contribution is -2.46. The zero-order valence-corrected chi connectivity index (χ0v) is 14.9. The number of nitrogens with zero attached hydrogens (tertiary/aromatic N) is 2. The van der Waals surface area contributed by atoms with Crippen molar-refractivity contribution in [2.45, 2.75) is 38.3 Å². The van der Waals surface area contributed by atoms with Gasteiger partial charge in [-0.1, -0.05) is 37.3 Å². The second-order valence-corrected chi connectivity index (χ2v) is 6.38. The number of hydrogen-bond acceptors (Lipinski definition) is 3. The van der Waals surface area contributed by atoms with Gasteiger partial charge < -0.3 is 19.9 Å². The van der Waals surface area contributed by atoms with Crippen LogP contribution in [-0.2, 0) is 4.74 Å². The second-order valence-electron chi connectivity index (χ2n) is 6.38. The molecule has 3 rings (SSSR count). The Hall–Kier alpha value is -2.34. The largest absolute Gasteiger partial charge is 0.381 e. The van der Waals surface area contributed by atoms with E-state index in [0.29, 0.717) is 0 Å². The van der Waals surface area contributed by atoms with Crippen molar-refractivity contribution in [1.82, 2.24) is 20.2 Å². The standard InChI is InChI=1S/C19H26N4O2/c1-3-16(22-19(24)23-11-9-15(25-2)10-12-23)18-20-13-17(21-18)14-7-5-4-6-8-14/h4-8,13,15-16H,3,9-12H2,1-2H3,(H,20,21)(H,22,24)/t16-/m0/s1. The Labute approximate surface area is 148 Å². The van der Waals surface area contributed by atoms with Gasteiger partial charge in [0.05, 0.1) is 24.0 Å². The van der Waals surface area contributed by atoms with E-state index in [9.17, 15) is 4.79 Å². The average molecular weight is 342 g/mol. The van der Waals surface area contributed by atoms with Gasteiger partial charge in [-0.05, 0) is 24.8 Å². The molecule has 0 aliphatic carbocycles. The van der Waals surface area contributed by atoms with Crippen LogP contribution < -0.4 is 5.32 Å². The number of nitrogens with one attached hydrogen (secondary N) is 2. The van der Waals surface area contributed by atoms with E-state index in [4.69, 9.17) is 4.74 Å². The number of hydrogen-bond donors (Lipinski definition) is 2. The number of imidazole rings is 1. The van der Waals surface area contributed by atoms with Crippen LogP contribution in [0.15, 0.2) is 36.5 Å². The van der Waals surface area contributed by atoms with Gasteiger partial charge in [0, 0.05) is 20.2 Å². The number of H-pyrrole nitrogens is 1. The maximum absolute atomic E-state index is 12.5. The van der Waals surface area contributed by atoms with Gasteiger partial charge in [-0.2, -0.15) is 0 Å². The molecule has 0 spiro atoms. The van der Waals surface area contributed by atoms with Gasteiger partial charge >= 0.3 is 6.03 Å². The van der Waals surface area contributed by atoms with E-state index < -0.39 is 0 Å². The molecule has 2 aromatic rings. The smallest absolute Gasteiger partial charge is 0.317 e. The lowest BCUT2D eigenvalue weighted by Gasteiger charge is -2.32. The molecule has 1 aliphatic rings. The van der Waals surface area contributed by atoms with Crippen LogP contribution >= 0.6 is 0 Å². The lowest BCUT2D eigenvalue weighted by molar-refractivity contribution is 0.0499. The number of methoxy groups -OCH3 is 1. The molecule has 1 fully saturated rings. The summed E-state index contributed by atoms with van der Waals surface area (Å²) in [4.78, 5) is 22.2. The number of urea groups is 1. The summed E-state index contributed by atoms with van der Waals surface area (Å²) >= 11 is 0. The Kier molecular flexibility index (Phi) is 5.71. The van der Waals surface area contributed by atoms with Crippen LogP contribution in [0, 0.1) is 0 Å². The van der Waals surface area contributed by atoms with Crippen molar-refractivity contribution >= 4 is 6.03 Å². The molecule has 2 amide bonds. The molecule has 0 unspecified atom stereocenters. The van der Waals surface area contributed by atoms with Crippen LogP contribution in [0.2, 0.25) is 0 Å². The zero-order chi connectivity index (χ0) is 17.6. The van der Waals surface area contributed by atoms with Crippen molar-refractivity contribution in [1.29, 1.82) is 0 Å². The molecule has 1 saturated heterocycles. The van der Waals surface area contributed by atoms with E-state index >= 15 is 0 Å². The van der Waals surface area contributed by atoms with Crippen molar-refractivity contribution in [2.75, 3.05) is 20.2 Å². The summed E-state index contributed by atoms with van der Waals surface area (Å²) < 4.78 is 5.36. The maximum atomic E-state index is 12.5. The number of ether oxygens (including phenoxy) is 1. The monoisotopic (exact) mass is 342 g/mol. The third kappa shape index (κ3) is 4.20. The highest BCUT2D eigenvalue weighted by Gasteiger charge is 2.25. The first-order valence-electron chi connectivity index (χ1n) is 8.89. The molecule has 0 saturated carbocycles.